The maximum Gasteiger partial charge on any atom is 0.411 e. The van der Waals surface area contributed by atoms with Gasteiger partial charge in [0.05, 0.1) is 37.1 Å². The summed E-state index contributed by atoms with van der Waals surface area (Å²) in [5.74, 6) is -0.218. The number of hydrogen-bond acceptors (Lipinski definition) is 11. The van der Waals surface area contributed by atoms with Crippen LogP contribution >= 0.6 is 8.38 Å². The molecule has 2 saturated heterocycles. The van der Waals surface area contributed by atoms with Crippen molar-refractivity contribution in [3.8, 4) is 0 Å². The minimum Gasteiger partial charge on any atom is -0.444 e. The number of piperidine rings is 1. The van der Waals surface area contributed by atoms with E-state index in [1.807, 2.05) is 52.8 Å². The Morgan fingerprint density at radius 2 is 1.60 bits per heavy atom. The second kappa shape index (κ2) is 31.6. The summed E-state index contributed by atoms with van der Waals surface area (Å²) in [6, 6.07) is 9.72. The van der Waals surface area contributed by atoms with Crippen molar-refractivity contribution < 1.29 is 48.0 Å². The SMILES string of the molecule is CCC.CCC(C)C(C(CC)OC)N(C)C(=O)CNC(=O)C1C2CCC(C2)N1C(=O)OC(C)(C)C.CNCP(O)O.COC(C(C)C=O)C1CCCN1C=O.Cc1ccccc1. The first kappa shape index (κ1) is 58.8. The molecule has 4 N–H and O–H groups in total. The fourth-order valence-electron chi connectivity index (χ4n) is 8.02. The molecule has 2 heterocycles. The summed E-state index contributed by atoms with van der Waals surface area (Å²) >= 11 is 0. The van der Waals surface area contributed by atoms with Crippen molar-refractivity contribution in [3.63, 3.8) is 0 Å². The third kappa shape index (κ3) is 20.5. The Morgan fingerprint density at radius 1 is 0.984 bits per heavy atom. The zero-order chi connectivity index (χ0) is 47.6. The molecule has 0 spiro atoms. The Morgan fingerprint density at radius 3 is 2.02 bits per heavy atom. The first-order valence-electron chi connectivity index (χ1n) is 22.3. The Hall–Kier alpha value is -3.20. The van der Waals surface area contributed by atoms with Crippen LogP contribution in [0.1, 0.15) is 119 Å². The lowest BCUT2D eigenvalue weighted by molar-refractivity contribution is -0.138. The van der Waals surface area contributed by atoms with Crippen LogP contribution in [0.25, 0.3) is 0 Å². The van der Waals surface area contributed by atoms with Gasteiger partial charge in [0.25, 0.3) is 0 Å². The van der Waals surface area contributed by atoms with E-state index in [1.54, 1.807) is 43.0 Å². The molecule has 3 aliphatic rings. The molecule has 1 aromatic rings. The number of carbonyl (C=O) groups excluding carboxylic acids is 5. The van der Waals surface area contributed by atoms with E-state index in [9.17, 15) is 24.0 Å². The summed E-state index contributed by atoms with van der Waals surface area (Å²) in [5, 5.41) is 5.40. The summed E-state index contributed by atoms with van der Waals surface area (Å²) in [6.45, 7) is 20.5. The summed E-state index contributed by atoms with van der Waals surface area (Å²) in [4.78, 5) is 81.5. The highest BCUT2D eigenvalue weighted by Crippen LogP contribution is 2.43. The zero-order valence-corrected chi connectivity index (χ0v) is 41.4. The molecule has 62 heavy (non-hydrogen) atoms. The Bertz CT molecular complexity index is 1400. The van der Waals surface area contributed by atoms with Crippen LogP contribution in [-0.2, 0) is 33.4 Å². The number of methoxy groups -OCH3 is 2. The van der Waals surface area contributed by atoms with E-state index in [0.717, 1.165) is 64.2 Å². The summed E-state index contributed by atoms with van der Waals surface area (Å²) < 4.78 is 16.5. The molecule has 9 atom stereocenters. The minimum absolute atomic E-state index is 0.0331. The van der Waals surface area contributed by atoms with Gasteiger partial charge in [-0.3, -0.25) is 19.3 Å². The third-order valence-corrected chi connectivity index (χ3v) is 11.7. The molecule has 9 unspecified atom stereocenters. The average molecular weight is 898 g/mol. The van der Waals surface area contributed by atoms with Gasteiger partial charge in [-0.2, -0.15) is 0 Å². The van der Waals surface area contributed by atoms with Gasteiger partial charge in [0.1, 0.15) is 17.9 Å². The number of ether oxygens (including phenoxy) is 3. The van der Waals surface area contributed by atoms with Crippen LogP contribution in [0, 0.1) is 24.7 Å². The van der Waals surface area contributed by atoms with E-state index in [4.69, 9.17) is 24.0 Å². The lowest BCUT2D eigenvalue weighted by Gasteiger charge is -2.38. The molecule has 0 radical (unpaired) electrons. The number of carbonyl (C=O) groups is 5. The zero-order valence-electron chi connectivity index (χ0n) is 40.5. The first-order chi connectivity index (χ1) is 29.3. The van der Waals surface area contributed by atoms with Gasteiger partial charge in [-0.1, -0.05) is 90.3 Å². The predicted molar refractivity (Wildman–Crippen MR) is 247 cm³/mol. The van der Waals surface area contributed by atoms with E-state index < -0.39 is 26.1 Å². The molecule has 1 saturated carbocycles. The van der Waals surface area contributed by atoms with Gasteiger partial charge < -0.3 is 49.2 Å². The fourth-order valence-corrected chi connectivity index (χ4v) is 8.30. The van der Waals surface area contributed by atoms with Crippen molar-refractivity contribution in [2.45, 2.75) is 163 Å². The number of rotatable bonds is 16. The number of nitrogens with one attached hydrogen (secondary N) is 2. The standard InChI is InChI=1S/C24H43N3O5.C10H17NO3.C7H8.C3H8.C2H8NO2P/c1-9-15(3)20(18(10-2)31-8)26(7)19(28)14-25-22(29)21-16-11-12-17(13-16)27(21)23(30)32-24(4,5)6;1-8(6-12)10(14-2)9-4-3-5-11(9)7-13;1-7-5-3-2-4-6-7;1-3-2;1-3-2-6(4)5/h15-18,20-21H,9-14H2,1-8H3,(H,25,29);6-10H,3-5H2,1-2H3;2-6H,1H3;3H2,1-2H3;3-5H,2H2,1H3. The Kier molecular flexibility index (Phi) is 30.0. The Balaban J connectivity index is 0.00000100. The van der Waals surface area contributed by atoms with Crippen LogP contribution < -0.4 is 10.6 Å². The molecule has 0 aromatic heterocycles. The average Bonchev–Trinajstić information content (AvgIpc) is 4.00. The lowest BCUT2D eigenvalue weighted by atomic mass is 9.91. The minimum atomic E-state index is -1.71. The van der Waals surface area contributed by atoms with Crippen LogP contribution in [0.5, 0.6) is 0 Å². The first-order valence-corrected chi connectivity index (χ1v) is 23.8. The highest BCUT2D eigenvalue weighted by molar-refractivity contribution is 7.44. The van der Waals surface area contributed by atoms with Crippen molar-refractivity contribution in [1.82, 2.24) is 25.3 Å². The van der Waals surface area contributed by atoms with E-state index in [1.165, 1.54) is 12.0 Å². The van der Waals surface area contributed by atoms with Gasteiger partial charge in [-0.25, -0.2) is 4.79 Å². The van der Waals surface area contributed by atoms with Crippen LogP contribution in [0.2, 0.25) is 0 Å². The van der Waals surface area contributed by atoms with E-state index in [-0.39, 0.29) is 66.4 Å². The number of aldehydes is 1. The number of hydrogen-bond donors (Lipinski definition) is 4. The highest BCUT2D eigenvalue weighted by atomic mass is 31.2. The van der Waals surface area contributed by atoms with Crippen molar-refractivity contribution in [3.05, 3.63) is 35.9 Å². The van der Waals surface area contributed by atoms with Crippen LogP contribution in [0.15, 0.2) is 30.3 Å². The molecule has 1 aromatic carbocycles. The third-order valence-electron chi connectivity index (χ3n) is 11.1. The van der Waals surface area contributed by atoms with Crippen molar-refractivity contribution in [2.24, 2.45) is 17.8 Å². The van der Waals surface area contributed by atoms with E-state index in [0.29, 0.717) is 6.29 Å². The fraction of sp³-hybridized carbons (Fsp3) is 0.761. The second-order valence-electron chi connectivity index (χ2n) is 17.3. The Labute approximate surface area is 375 Å². The number of aryl methyl sites for hydroxylation is 1. The highest BCUT2D eigenvalue weighted by Gasteiger charge is 2.52. The maximum absolute atomic E-state index is 13.1. The topological polar surface area (TPSA) is 187 Å². The predicted octanol–water partition coefficient (Wildman–Crippen LogP) is 6.52. The molecule has 4 rings (SSSR count). The van der Waals surface area contributed by atoms with E-state index in [2.05, 4.69) is 57.4 Å². The van der Waals surface area contributed by atoms with Crippen LogP contribution in [-0.4, -0.2) is 145 Å². The molecule has 15 nitrogen and oxygen atoms in total. The van der Waals surface area contributed by atoms with Crippen molar-refractivity contribution >= 4 is 39.0 Å². The number of benzene rings is 1. The molecule has 3 fully saturated rings. The molecular formula is C46H84N5O10P. The largest absolute Gasteiger partial charge is 0.444 e. The molecule has 358 valence electrons. The number of amides is 4. The molecule has 1 aliphatic carbocycles. The second-order valence-corrected chi connectivity index (χ2v) is 18.4. The van der Waals surface area contributed by atoms with Crippen molar-refractivity contribution in [1.29, 1.82) is 0 Å². The van der Waals surface area contributed by atoms with Gasteiger partial charge in [-0.15, -0.1) is 0 Å². The van der Waals surface area contributed by atoms with E-state index >= 15 is 0 Å². The van der Waals surface area contributed by atoms with Gasteiger partial charge in [0, 0.05) is 39.8 Å². The monoisotopic (exact) mass is 898 g/mol. The van der Waals surface area contributed by atoms with Gasteiger partial charge >= 0.3 is 6.09 Å². The van der Waals surface area contributed by atoms with Crippen LogP contribution in [0.3, 0.4) is 0 Å². The quantitative estimate of drug-likeness (QED) is 0.105. The molecule has 2 bridgehead atoms. The number of likely N-dealkylation sites (N-methyl/N-ethyl adjacent to an activating group) is 1. The summed E-state index contributed by atoms with van der Waals surface area (Å²) in [6.07, 6.45) is 8.86. The molecule has 4 amide bonds. The van der Waals surface area contributed by atoms with Crippen LogP contribution in [0.4, 0.5) is 4.79 Å². The number of nitrogens with zero attached hydrogens (tertiary/aromatic N) is 3. The smallest absolute Gasteiger partial charge is 0.411 e. The summed E-state index contributed by atoms with van der Waals surface area (Å²) in [5.41, 5.74) is 0.698. The van der Waals surface area contributed by atoms with Gasteiger partial charge in [-0.05, 0) is 85.1 Å². The van der Waals surface area contributed by atoms with Gasteiger partial charge in [0.2, 0.25) is 18.2 Å². The van der Waals surface area contributed by atoms with Crippen molar-refractivity contribution in [2.75, 3.05) is 47.7 Å². The maximum atomic E-state index is 13.1. The van der Waals surface area contributed by atoms with Gasteiger partial charge in [0.15, 0.2) is 8.38 Å². The lowest BCUT2D eigenvalue weighted by Crippen LogP contribution is -2.56. The molecule has 16 heteroatoms. The molecule has 2 aliphatic heterocycles. The number of fused-ring (bicyclic) bond motifs is 2. The normalized spacial score (nSPS) is 21.1. The molecular weight excluding hydrogens is 814 g/mol. The summed E-state index contributed by atoms with van der Waals surface area (Å²) in [7, 11) is 4.99. The number of likely N-dealkylation sites (tertiary alicyclic amines) is 2.